The molecule has 1 aliphatic rings. The molecule has 0 spiro atoms. The molecule has 3 rings (SSSR count). The summed E-state index contributed by atoms with van der Waals surface area (Å²) in [5.74, 6) is 1.16. The normalized spacial score (nSPS) is 18.5. The number of thioether (sulfide) groups is 1. The van der Waals surface area contributed by atoms with Crippen molar-refractivity contribution in [3.63, 3.8) is 0 Å². The van der Waals surface area contributed by atoms with E-state index in [9.17, 15) is 14.9 Å². The lowest BCUT2D eigenvalue weighted by molar-refractivity contribution is -0.386. The van der Waals surface area contributed by atoms with E-state index >= 15 is 0 Å². The van der Waals surface area contributed by atoms with E-state index in [1.54, 1.807) is 19.2 Å². The second kappa shape index (κ2) is 10.3. The Labute approximate surface area is 180 Å². The van der Waals surface area contributed by atoms with Gasteiger partial charge >= 0.3 is 11.7 Å². The number of nitrogens with one attached hydrogen (secondary N) is 1. The fourth-order valence-corrected chi connectivity index (χ4v) is 4.70. The van der Waals surface area contributed by atoms with Gasteiger partial charge in [-0.3, -0.25) is 14.9 Å². The van der Waals surface area contributed by atoms with E-state index in [1.165, 1.54) is 18.9 Å². The fraction of sp³-hybridized carbons (Fsp3) is 0.409. The summed E-state index contributed by atoms with van der Waals surface area (Å²) in [7, 11) is 3.03. The zero-order chi connectivity index (χ0) is 21.5. The van der Waals surface area contributed by atoms with E-state index in [2.05, 4.69) is 5.32 Å². The number of methoxy groups -OCH3 is 2. The lowest BCUT2D eigenvalue weighted by Crippen LogP contribution is -2.30. The summed E-state index contributed by atoms with van der Waals surface area (Å²) in [5.41, 5.74) is 1.70. The van der Waals surface area contributed by atoms with Crippen LogP contribution >= 0.6 is 11.8 Å². The maximum atomic E-state index is 11.8. The largest absolute Gasteiger partial charge is 0.497 e. The number of para-hydroxylation sites is 1. The number of benzene rings is 2. The minimum absolute atomic E-state index is 0.0746. The molecule has 0 atom stereocenters. The molecule has 1 saturated carbocycles. The third kappa shape index (κ3) is 5.44. The highest BCUT2D eigenvalue weighted by Gasteiger charge is 2.28. The van der Waals surface area contributed by atoms with Crippen LogP contribution in [0.4, 0.5) is 11.4 Å². The lowest BCUT2D eigenvalue weighted by atomic mass is 9.86. The number of anilines is 1. The topological polar surface area (TPSA) is 90.7 Å². The van der Waals surface area contributed by atoms with E-state index < -0.39 is 0 Å². The molecule has 160 valence electrons. The van der Waals surface area contributed by atoms with Crippen molar-refractivity contribution in [2.24, 2.45) is 5.92 Å². The summed E-state index contributed by atoms with van der Waals surface area (Å²) in [4.78, 5) is 23.8. The molecule has 2 aromatic carbocycles. The zero-order valence-electron chi connectivity index (χ0n) is 17.1. The standard InChI is InChI=1S/C22H26N2O5S/c1-28-18-12-6-15(7-13-18)14-30-20-5-3-4-19(21(20)24(26)27)23-17-10-8-16(9-11-17)22(25)29-2/h3-7,12-13,16-17,23H,8-11,14H2,1-2H3/t16-,17+. The number of rotatable bonds is 8. The molecule has 8 heteroatoms. The van der Waals surface area contributed by atoms with Gasteiger partial charge in [-0.2, -0.15) is 0 Å². The van der Waals surface area contributed by atoms with Gasteiger partial charge in [-0.1, -0.05) is 18.2 Å². The highest BCUT2D eigenvalue weighted by molar-refractivity contribution is 7.98. The summed E-state index contributed by atoms with van der Waals surface area (Å²) >= 11 is 1.44. The number of nitro benzene ring substituents is 1. The van der Waals surface area contributed by atoms with E-state index in [4.69, 9.17) is 9.47 Å². The van der Waals surface area contributed by atoms with Crippen molar-refractivity contribution < 1.29 is 19.2 Å². The van der Waals surface area contributed by atoms with Crippen molar-refractivity contribution >= 4 is 29.1 Å². The number of nitro groups is 1. The van der Waals surface area contributed by atoms with E-state index in [0.717, 1.165) is 37.0 Å². The predicted molar refractivity (Wildman–Crippen MR) is 117 cm³/mol. The number of ether oxygens (including phenoxy) is 2. The van der Waals surface area contributed by atoms with Gasteiger partial charge in [0.1, 0.15) is 11.4 Å². The van der Waals surface area contributed by atoms with Crippen LogP contribution in [0.2, 0.25) is 0 Å². The Kier molecular flexibility index (Phi) is 7.57. The summed E-state index contributed by atoms with van der Waals surface area (Å²) in [6, 6.07) is 13.2. The Balaban J connectivity index is 1.68. The number of nitrogens with zero attached hydrogens (tertiary/aromatic N) is 1. The van der Waals surface area contributed by atoms with Gasteiger partial charge in [-0.05, 0) is 55.5 Å². The highest BCUT2D eigenvalue weighted by atomic mass is 32.2. The van der Waals surface area contributed by atoms with Gasteiger partial charge in [0, 0.05) is 11.8 Å². The van der Waals surface area contributed by atoms with Crippen LogP contribution in [0.1, 0.15) is 31.2 Å². The zero-order valence-corrected chi connectivity index (χ0v) is 17.9. The Bertz CT molecular complexity index is 880. The molecule has 2 aromatic rings. The molecule has 1 fully saturated rings. The SMILES string of the molecule is COc1ccc(CSc2cccc(N[C@H]3CC[C@@H](C(=O)OC)CC3)c2[N+](=O)[O-])cc1. The van der Waals surface area contributed by atoms with E-state index in [1.807, 2.05) is 30.3 Å². The van der Waals surface area contributed by atoms with Crippen molar-refractivity contribution in [3.8, 4) is 5.75 Å². The smallest absolute Gasteiger partial charge is 0.308 e. The van der Waals surface area contributed by atoms with Gasteiger partial charge in [0.25, 0.3) is 0 Å². The van der Waals surface area contributed by atoms with E-state index in [-0.39, 0.29) is 28.5 Å². The maximum absolute atomic E-state index is 11.8. The molecular formula is C22H26N2O5S. The molecule has 0 aromatic heterocycles. The van der Waals surface area contributed by atoms with E-state index in [0.29, 0.717) is 16.3 Å². The molecule has 0 aliphatic heterocycles. The average Bonchev–Trinajstić information content (AvgIpc) is 2.77. The van der Waals surface area contributed by atoms with Crippen LogP contribution in [0, 0.1) is 16.0 Å². The van der Waals surface area contributed by atoms with Gasteiger partial charge < -0.3 is 14.8 Å². The van der Waals surface area contributed by atoms with Crippen molar-refractivity contribution in [1.29, 1.82) is 0 Å². The molecular weight excluding hydrogens is 404 g/mol. The van der Waals surface area contributed by atoms with Crippen molar-refractivity contribution in [2.45, 2.75) is 42.4 Å². The first-order valence-corrected chi connectivity index (χ1v) is 10.9. The predicted octanol–water partition coefficient (Wildman–Crippen LogP) is 5.04. The van der Waals surface area contributed by atoms with Crippen LogP contribution in [0.5, 0.6) is 5.75 Å². The average molecular weight is 431 g/mol. The minimum atomic E-state index is -0.321. The molecule has 0 bridgehead atoms. The van der Waals surface area contributed by atoms with Crippen LogP contribution in [-0.2, 0) is 15.3 Å². The third-order valence-electron chi connectivity index (χ3n) is 5.36. The Hall–Kier alpha value is -2.74. The molecule has 0 heterocycles. The molecule has 0 unspecified atom stereocenters. The number of hydrogen-bond donors (Lipinski definition) is 1. The van der Waals surface area contributed by atoms with Crippen molar-refractivity contribution in [3.05, 3.63) is 58.1 Å². The molecule has 0 amide bonds. The fourth-order valence-electron chi connectivity index (χ4n) is 3.69. The number of esters is 1. The Morgan fingerprint density at radius 2 is 1.83 bits per heavy atom. The maximum Gasteiger partial charge on any atom is 0.308 e. The minimum Gasteiger partial charge on any atom is -0.497 e. The van der Waals surface area contributed by atoms with Gasteiger partial charge in [0.2, 0.25) is 0 Å². The highest BCUT2D eigenvalue weighted by Crippen LogP contribution is 2.38. The van der Waals surface area contributed by atoms with Crippen molar-refractivity contribution in [1.82, 2.24) is 0 Å². The number of carbonyl (C=O) groups excluding carboxylic acids is 1. The Morgan fingerprint density at radius 3 is 2.43 bits per heavy atom. The quantitative estimate of drug-likeness (QED) is 0.271. The molecule has 1 aliphatic carbocycles. The van der Waals surface area contributed by atoms with Crippen molar-refractivity contribution in [2.75, 3.05) is 19.5 Å². The molecule has 0 radical (unpaired) electrons. The second-order valence-corrected chi connectivity index (χ2v) is 8.28. The van der Waals surface area contributed by atoms with Crippen LogP contribution in [0.15, 0.2) is 47.4 Å². The second-order valence-electron chi connectivity index (χ2n) is 7.26. The van der Waals surface area contributed by atoms with Crippen LogP contribution in [0.3, 0.4) is 0 Å². The molecule has 7 nitrogen and oxygen atoms in total. The Morgan fingerprint density at radius 1 is 1.13 bits per heavy atom. The van der Waals surface area contributed by atoms with Gasteiger partial charge in [-0.15, -0.1) is 11.8 Å². The third-order valence-corrected chi connectivity index (χ3v) is 6.47. The van der Waals surface area contributed by atoms with Crippen LogP contribution in [-0.4, -0.2) is 31.2 Å². The van der Waals surface area contributed by atoms with Crippen LogP contribution < -0.4 is 10.1 Å². The summed E-state index contributed by atoms with van der Waals surface area (Å²) < 4.78 is 9.99. The van der Waals surface area contributed by atoms with Gasteiger partial charge in [-0.25, -0.2) is 0 Å². The first kappa shape index (κ1) is 22.0. The summed E-state index contributed by atoms with van der Waals surface area (Å²) in [5, 5.41) is 15.2. The first-order chi connectivity index (χ1) is 14.5. The van der Waals surface area contributed by atoms with Gasteiger partial charge in [0.05, 0.1) is 30.0 Å². The monoisotopic (exact) mass is 430 g/mol. The lowest BCUT2D eigenvalue weighted by Gasteiger charge is -2.28. The number of hydrogen-bond acceptors (Lipinski definition) is 7. The number of carbonyl (C=O) groups is 1. The first-order valence-electron chi connectivity index (χ1n) is 9.89. The molecule has 1 N–H and O–H groups in total. The van der Waals surface area contributed by atoms with Gasteiger partial charge in [0.15, 0.2) is 0 Å². The molecule has 30 heavy (non-hydrogen) atoms. The summed E-state index contributed by atoms with van der Waals surface area (Å²) in [6.45, 7) is 0. The molecule has 0 saturated heterocycles. The summed E-state index contributed by atoms with van der Waals surface area (Å²) in [6.07, 6.45) is 3.01. The van der Waals surface area contributed by atoms with Crippen LogP contribution in [0.25, 0.3) is 0 Å².